The fourth-order valence-corrected chi connectivity index (χ4v) is 1.38. The minimum absolute atomic E-state index is 0.193. The molecule has 0 unspecified atom stereocenters. The Morgan fingerprint density at radius 3 is 2.64 bits per heavy atom. The van der Waals surface area contributed by atoms with Crippen molar-refractivity contribution in [3.63, 3.8) is 0 Å². The molecule has 0 aliphatic rings. The first-order valence-corrected chi connectivity index (χ1v) is 4.53. The summed E-state index contributed by atoms with van der Waals surface area (Å²) >= 11 is 2.21. The highest BCUT2D eigenvalue weighted by atomic mass is 127. The van der Waals surface area contributed by atoms with Gasteiger partial charge in [0, 0.05) is 13.2 Å². The molecular formula is C7H11IN2O. The van der Waals surface area contributed by atoms with Crippen molar-refractivity contribution >= 4 is 22.6 Å². The number of hydrogen-bond donors (Lipinski definition) is 0. The Hall–Kier alpha value is -0.260. The Kier molecular flexibility index (Phi) is 2.75. The van der Waals surface area contributed by atoms with E-state index in [9.17, 15) is 0 Å². The van der Waals surface area contributed by atoms with Crippen molar-refractivity contribution in [2.75, 3.05) is 0 Å². The number of hydrogen-bond acceptors (Lipinski definition) is 2. The van der Waals surface area contributed by atoms with Gasteiger partial charge in [-0.3, -0.25) is 4.68 Å². The average molecular weight is 266 g/mol. The van der Waals surface area contributed by atoms with Crippen LogP contribution in [0.2, 0.25) is 0 Å². The maximum Gasteiger partial charge on any atom is 0.246 e. The molecule has 0 amide bonds. The van der Waals surface area contributed by atoms with Crippen LogP contribution < -0.4 is 4.74 Å². The zero-order chi connectivity index (χ0) is 8.43. The van der Waals surface area contributed by atoms with Crippen molar-refractivity contribution in [1.82, 2.24) is 9.78 Å². The molecule has 0 radical (unpaired) electrons. The second-order valence-corrected chi connectivity index (χ2v) is 3.78. The van der Waals surface area contributed by atoms with E-state index in [1.807, 2.05) is 27.1 Å². The van der Waals surface area contributed by atoms with E-state index in [0.29, 0.717) is 0 Å². The quantitative estimate of drug-likeness (QED) is 0.763. The lowest BCUT2D eigenvalue weighted by Gasteiger charge is -2.05. The van der Waals surface area contributed by atoms with E-state index in [0.717, 1.165) is 9.45 Å². The summed E-state index contributed by atoms with van der Waals surface area (Å²) in [7, 11) is 1.88. The van der Waals surface area contributed by atoms with Crippen LogP contribution in [0.15, 0.2) is 6.20 Å². The summed E-state index contributed by atoms with van der Waals surface area (Å²) in [5.41, 5.74) is 0. The molecule has 0 bridgehead atoms. The molecule has 1 aromatic heterocycles. The molecule has 11 heavy (non-hydrogen) atoms. The summed E-state index contributed by atoms with van der Waals surface area (Å²) in [4.78, 5) is 0. The standard InChI is InChI=1S/C7H11IN2O/c1-5(2)11-7-6(8)4-10(3)9-7/h4-5H,1-3H3. The molecule has 1 rings (SSSR count). The van der Waals surface area contributed by atoms with E-state index in [2.05, 4.69) is 27.7 Å². The smallest absolute Gasteiger partial charge is 0.246 e. The van der Waals surface area contributed by atoms with Gasteiger partial charge in [0.1, 0.15) is 0 Å². The summed E-state index contributed by atoms with van der Waals surface area (Å²) in [6.45, 7) is 3.98. The highest BCUT2D eigenvalue weighted by molar-refractivity contribution is 14.1. The first kappa shape index (κ1) is 8.83. The molecule has 0 fully saturated rings. The summed E-state index contributed by atoms with van der Waals surface area (Å²) in [5.74, 6) is 0.725. The number of aryl methyl sites for hydroxylation is 1. The topological polar surface area (TPSA) is 27.1 Å². The second kappa shape index (κ2) is 3.42. The normalized spacial score (nSPS) is 10.6. The SMILES string of the molecule is CC(C)Oc1nn(C)cc1I. The van der Waals surface area contributed by atoms with E-state index in [-0.39, 0.29) is 6.10 Å². The van der Waals surface area contributed by atoms with Crippen LogP contribution in [-0.4, -0.2) is 15.9 Å². The third-order valence-corrected chi connectivity index (χ3v) is 1.84. The zero-order valence-electron chi connectivity index (χ0n) is 6.84. The van der Waals surface area contributed by atoms with Gasteiger partial charge in [0.15, 0.2) is 0 Å². The fourth-order valence-electron chi connectivity index (χ4n) is 0.742. The Balaban J connectivity index is 2.77. The average Bonchev–Trinajstić information content (AvgIpc) is 2.09. The Labute approximate surface area is 79.9 Å². The van der Waals surface area contributed by atoms with Crippen molar-refractivity contribution in [3.8, 4) is 5.88 Å². The van der Waals surface area contributed by atoms with Gasteiger partial charge in [0.05, 0.1) is 9.67 Å². The van der Waals surface area contributed by atoms with Gasteiger partial charge in [-0.05, 0) is 36.4 Å². The lowest BCUT2D eigenvalue weighted by Crippen LogP contribution is -2.06. The molecule has 3 nitrogen and oxygen atoms in total. The minimum atomic E-state index is 0.193. The lowest BCUT2D eigenvalue weighted by atomic mass is 10.5. The van der Waals surface area contributed by atoms with Crippen LogP contribution in [0, 0.1) is 3.57 Å². The van der Waals surface area contributed by atoms with Gasteiger partial charge >= 0.3 is 0 Å². The molecule has 0 aromatic carbocycles. The van der Waals surface area contributed by atoms with Crippen molar-refractivity contribution in [3.05, 3.63) is 9.77 Å². The lowest BCUT2D eigenvalue weighted by molar-refractivity contribution is 0.229. The molecule has 0 saturated carbocycles. The fraction of sp³-hybridized carbons (Fsp3) is 0.571. The minimum Gasteiger partial charge on any atom is -0.473 e. The van der Waals surface area contributed by atoms with Crippen LogP contribution in [0.5, 0.6) is 5.88 Å². The first-order valence-electron chi connectivity index (χ1n) is 3.45. The number of halogens is 1. The summed E-state index contributed by atoms with van der Waals surface area (Å²) < 4.78 is 8.23. The first-order chi connectivity index (χ1) is 5.09. The molecule has 4 heteroatoms. The third-order valence-electron chi connectivity index (χ3n) is 1.10. The summed E-state index contributed by atoms with van der Waals surface area (Å²) in [6, 6.07) is 0. The van der Waals surface area contributed by atoms with E-state index in [1.165, 1.54) is 0 Å². The van der Waals surface area contributed by atoms with Gasteiger partial charge in [-0.1, -0.05) is 0 Å². The predicted molar refractivity (Wildman–Crippen MR) is 51.7 cm³/mol. The van der Waals surface area contributed by atoms with E-state index in [1.54, 1.807) is 4.68 Å². The van der Waals surface area contributed by atoms with Crippen LogP contribution >= 0.6 is 22.6 Å². The predicted octanol–water partition coefficient (Wildman–Crippen LogP) is 1.81. The molecule has 1 heterocycles. The Bertz CT molecular complexity index is 245. The molecule has 1 aromatic rings. The molecule has 62 valence electrons. The van der Waals surface area contributed by atoms with Crippen molar-refractivity contribution in [2.24, 2.45) is 7.05 Å². The molecule has 0 atom stereocenters. The van der Waals surface area contributed by atoms with E-state index in [4.69, 9.17) is 4.74 Å². The molecule has 0 saturated heterocycles. The molecule has 0 spiro atoms. The van der Waals surface area contributed by atoms with Crippen molar-refractivity contribution in [1.29, 1.82) is 0 Å². The highest BCUT2D eigenvalue weighted by Gasteiger charge is 2.06. The van der Waals surface area contributed by atoms with E-state index < -0.39 is 0 Å². The van der Waals surface area contributed by atoms with Gasteiger partial charge in [-0.2, -0.15) is 0 Å². The maximum atomic E-state index is 5.43. The summed E-state index contributed by atoms with van der Waals surface area (Å²) in [5, 5.41) is 4.14. The van der Waals surface area contributed by atoms with Crippen molar-refractivity contribution in [2.45, 2.75) is 20.0 Å². The van der Waals surface area contributed by atoms with Gasteiger partial charge in [0.2, 0.25) is 5.88 Å². The maximum absolute atomic E-state index is 5.43. The monoisotopic (exact) mass is 266 g/mol. The van der Waals surface area contributed by atoms with Gasteiger partial charge in [-0.15, -0.1) is 5.10 Å². The number of aromatic nitrogens is 2. The largest absolute Gasteiger partial charge is 0.473 e. The molecule has 0 aliphatic heterocycles. The molecule has 0 aliphatic carbocycles. The summed E-state index contributed by atoms with van der Waals surface area (Å²) in [6.07, 6.45) is 2.12. The van der Waals surface area contributed by atoms with Gasteiger partial charge in [-0.25, -0.2) is 0 Å². The highest BCUT2D eigenvalue weighted by Crippen LogP contribution is 2.18. The second-order valence-electron chi connectivity index (χ2n) is 2.62. The Morgan fingerprint density at radius 1 is 1.64 bits per heavy atom. The van der Waals surface area contributed by atoms with Crippen LogP contribution in [0.1, 0.15) is 13.8 Å². The zero-order valence-corrected chi connectivity index (χ0v) is 8.99. The van der Waals surface area contributed by atoms with Gasteiger partial charge < -0.3 is 4.74 Å². The molecule has 0 N–H and O–H groups in total. The van der Waals surface area contributed by atoms with Crippen LogP contribution in [0.25, 0.3) is 0 Å². The van der Waals surface area contributed by atoms with Crippen LogP contribution in [-0.2, 0) is 7.05 Å². The number of rotatable bonds is 2. The number of ether oxygens (including phenoxy) is 1. The van der Waals surface area contributed by atoms with Crippen LogP contribution in [0.4, 0.5) is 0 Å². The van der Waals surface area contributed by atoms with E-state index >= 15 is 0 Å². The van der Waals surface area contributed by atoms with Crippen LogP contribution in [0.3, 0.4) is 0 Å². The Morgan fingerprint density at radius 2 is 2.27 bits per heavy atom. The van der Waals surface area contributed by atoms with Crippen molar-refractivity contribution < 1.29 is 4.74 Å². The number of nitrogens with zero attached hydrogens (tertiary/aromatic N) is 2. The third kappa shape index (κ3) is 2.36. The van der Waals surface area contributed by atoms with Gasteiger partial charge in [0.25, 0.3) is 0 Å². The molecular weight excluding hydrogens is 255 g/mol.